The van der Waals surface area contributed by atoms with Crippen LogP contribution in [0.1, 0.15) is 32.1 Å². The van der Waals surface area contributed by atoms with Crippen LogP contribution in [-0.2, 0) is 19.5 Å². The summed E-state index contributed by atoms with van der Waals surface area (Å²) in [5, 5.41) is 13.7. The summed E-state index contributed by atoms with van der Waals surface area (Å²) in [6.07, 6.45) is 4.38. The number of aryl methyl sites for hydroxylation is 1. The van der Waals surface area contributed by atoms with Gasteiger partial charge >= 0.3 is 5.97 Å². The van der Waals surface area contributed by atoms with E-state index in [-0.39, 0.29) is 0 Å². The predicted octanol–water partition coefficient (Wildman–Crippen LogP) is 4.91. The monoisotopic (exact) mass is 457 g/mol. The molecule has 2 N–H and O–H groups in total. The molecule has 166 valence electrons. The molecule has 0 atom stereocenters. The van der Waals surface area contributed by atoms with Crippen LogP contribution in [0.25, 0.3) is 10.6 Å². The van der Waals surface area contributed by atoms with E-state index in [0.29, 0.717) is 5.56 Å². The minimum Gasteiger partial charge on any atom is -0.478 e. The van der Waals surface area contributed by atoms with Crippen LogP contribution in [0, 0.1) is 6.92 Å². The molecule has 0 amide bonds. The molecule has 0 spiro atoms. The van der Waals surface area contributed by atoms with E-state index in [4.69, 9.17) is 4.98 Å². The third kappa shape index (κ3) is 4.76. The summed E-state index contributed by atoms with van der Waals surface area (Å²) < 4.78 is 0. The minimum atomic E-state index is -0.854. The SMILES string of the molecule is Cc1ccnc(Nc2cccc(-c3cnc(CN4CCc5c(cccc5C(=O)O)C4)s3)n2)c1. The van der Waals surface area contributed by atoms with Crippen molar-refractivity contribution >= 4 is 28.9 Å². The van der Waals surface area contributed by atoms with Crippen molar-refractivity contribution in [2.45, 2.75) is 26.4 Å². The van der Waals surface area contributed by atoms with Crippen LogP contribution in [0.5, 0.6) is 0 Å². The first-order valence-electron chi connectivity index (χ1n) is 10.7. The van der Waals surface area contributed by atoms with Gasteiger partial charge in [0, 0.05) is 25.5 Å². The van der Waals surface area contributed by atoms with E-state index in [1.807, 2.05) is 55.6 Å². The van der Waals surface area contributed by atoms with Gasteiger partial charge < -0.3 is 10.4 Å². The molecule has 0 saturated carbocycles. The van der Waals surface area contributed by atoms with Crippen molar-refractivity contribution in [3.8, 4) is 10.6 Å². The summed E-state index contributed by atoms with van der Waals surface area (Å²) in [5.41, 5.74) is 4.46. The Kier molecular flexibility index (Phi) is 5.85. The number of rotatable bonds is 6. The summed E-state index contributed by atoms with van der Waals surface area (Å²) in [6, 6.07) is 15.4. The molecule has 5 rings (SSSR count). The van der Waals surface area contributed by atoms with Crippen molar-refractivity contribution in [1.29, 1.82) is 0 Å². The highest BCUT2D eigenvalue weighted by atomic mass is 32.1. The van der Waals surface area contributed by atoms with E-state index >= 15 is 0 Å². The highest BCUT2D eigenvalue weighted by Gasteiger charge is 2.22. The van der Waals surface area contributed by atoms with Crippen LogP contribution in [0.2, 0.25) is 0 Å². The zero-order valence-corrected chi connectivity index (χ0v) is 19.0. The van der Waals surface area contributed by atoms with E-state index in [2.05, 4.69) is 20.2 Å². The maximum absolute atomic E-state index is 11.5. The Morgan fingerprint density at radius 1 is 1.15 bits per heavy atom. The molecule has 4 heterocycles. The highest BCUT2D eigenvalue weighted by molar-refractivity contribution is 7.15. The molecule has 0 saturated heterocycles. The zero-order valence-electron chi connectivity index (χ0n) is 18.2. The third-order valence-corrected chi connectivity index (χ3v) is 6.67. The number of aromatic carboxylic acids is 1. The van der Waals surface area contributed by atoms with Crippen LogP contribution in [0.15, 0.2) is 60.9 Å². The average molecular weight is 458 g/mol. The normalized spacial score (nSPS) is 13.5. The second-order valence-corrected chi connectivity index (χ2v) is 9.19. The molecule has 33 heavy (non-hydrogen) atoms. The lowest BCUT2D eigenvalue weighted by Gasteiger charge is -2.28. The van der Waals surface area contributed by atoms with Crippen molar-refractivity contribution < 1.29 is 9.90 Å². The first-order chi connectivity index (χ1) is 16.0. The molecule has 0 radical (unpaired) electrons. The lowest BCUT2D eigenvalue weighted by atomic mass is 9.94. The summed E-state index contributed by atoms with van der Waals surface area (Å²) in [7, 11) is 0. The van der Waals surface area contributed by atoms with Crippen LogP contribution in [0.3, 0.4) is 0 Å². The third-order valence-electron chi connectivity index (χ3n) is 5.66. The molecular formula is C25H23N5O2S. The van der Waals surface area contributed by atoms with Gasteiger partial charge in [-0.1, -0.05) is 18.2 Å². The van der Waals surface area contributed by atoms with Crippen LogP contribution >= 0.6 is 11.3 Å². The first kappa shape index (κ1) is 21.2. The summed E-state index contributed by atoms with van der Waals surface area (Å²) in [4.78, 5) is 28.5. The number of aromatic nitrogens is 3. The Hall–Kier alpha value is -3.62. The molecule has 1 aromatic carbocycles. The second kappa shape index (κ2) is 9.09. The smallest absolute Gasteiger partial charge is 0.335 e. The number of nitrogens with zero attached hydrogens (tertiary/aromatic N) is 4. The molecule has 0 fully saturated rings. The maximum atomic E-state index is 11.5. The quantitative estimate of drug-likeness (QED) is 0.425. The molecule has 0 aliphatic carbocycles. The molecule has 1 aliphatic rings. The van der Waals surface area contributed by atoms with Crippen molar-refractivity contribution in [1.82, 2.24) is 19.9 Å². The maximum Gasteiger partial charge on any atom is 0.335 e. The van der Waals surface area contributed by atoms with Gasteiger partial charge in [-0.05, 0) is 60.4 Å². The van der Waals surface area contributed by atoms with Gasteiger partial charge in [-0.15, -0.1) is 11.3 Å². The predicted molar refractivity (Wildman–Crippen MR) is 129 cm³/mol. The summed E-state index contributed by atoms with van der Waals surface area (Å²) >= 11 is 1.63. The van der Waals surface area contributed by atoms with Gasteiger partial charge in [-0.25, -0.2) is 19.7 Å². The number of hydrogen-bond donors (Lipinski definition) is 2. The van der Waals surface area contributed by atoms with Crippen molar-refractivity contribution in [3.63, 3.8) is 0 Å². The standard InChI is InChI=1S/C25H23N5O2S/c1-16-8-10-26-23(12-16)29-22-7-3-6-20(28-22)21-13-27-24(33-21)15-30-11-9-18-17(14-30)4-2-5-19(18)25(31)32/h2-8,10,12-13H,9,11,14-15H2,1H3,(H,31,32)(H,26,28,29). The number of fused-ring (bicyclic) bond motifs is 1. The van der Waals surface area contributed by atoms with Crippen LogP contribution in [0.4, 0.5) is 11.6 Å². The number of carboxylic acid groups (broad SMARTS) is 1. The first-order valence-corrected chi connectivity index (χ1v) is 11.5. The Bertz CT molecular complexity index is 1320. The Morgan fingerprint density at radius 2 is 2.03 bits per heavy atom. The van der Waals surface area contributed by atoms with Gasteiger partial charge in [-0.2, -0.15) is 0 Å². The number of hydrogen-bond acceptors (Lipinski definition) is 7. The molecule has 3 aromatic heterocycles. The number of pyridine rings is 2. The van der Waals surface area contributed by atoms with Crippen molar-refractivity contribution in [3.05, 3.63) is 88.2 Å². The van der Waals surface area contributed by atoms with E-state index in [1.54, 1.807) is 23.6 Å². The molecule has 4 aromatic rings. The number of nitrogens with one attached hydrogen (secondary N) is 1. The van der Waals surface area contributed by atoms with E-state index in [1.165, 1.54) is 0 Å². The fourth-order valence-corrected chi connectivity index (χ4v) is 5.00. The summed E-state index contributed by atoms with van der Waals surface area (Å²) in [5.74, 6) is 0.649. The van der Waals surface area contributed by atoms with Crippen LogP contribution < -0.4 is 5.32 Å². The topological polar surface area (TPSA) is 91.2 Å². The van der Waals surface area contributed by atoms with E-state index in [9.17, 15) is 9.90 Å². The fraction of sp³-hybridized carbons (Fsp3) is 0.200. The molecular weight excluding hydrogens is 434 g/mol. The van der Waals surface area contributed by atoms with Gasteiger partial charge in [0.15, 0.2) is 0 Å². The Morgan fingerprint density at radius 3 is 2.88 bits per heavy atom. The molecule has 8 heteroatoms. The number of thiazole rings is 1. The minimum absolute atomic E-state index is 0.420. The summed E-state index contributed by atoms with van der Waals surface area (Å²) in [6.45, 7) is 4.30. The lowest BCUT2D eigenvalue weighted by molar-refractivity contribution is 0.0694. The number of carbonyl (C=O) groups is 1. The number of carboxylic acids is 1. The molecule has 0 unspecified atom stereocenters. The Labute approximate surface area is 195 Å². The average Bonchev–Trinajstić information content (AvgIpc) is 3.27. The largest absolute Gasteiger partial charge is 0.478 e. The number of anilines is 2. The fourth-order valence-electron chi connectivity index (χ4n) is 4.07. The van der Waals surface area contributed by atoms with Gasteiger partial charge in [0.2, 0.25) is 0 Å². The van der Waals surface area contributed by atoms with Gasteiger partial charge in [0.25, 0.3) is 0 Å². The van der Waals surface area contributed by atoms with E-state index < -0.39 is 5.97 Å². The highest BCUT2D eigenvalue weighted by Crippen LogP contribution is 2.29. The molecule has 0 bridgehead atoms. The zero-order chi connectivity index (χ0) is 22.8. The van der Waals surface area contributed by atoms with Crippen molar-refractivity contribution in [2.24, 2.45) is 0 Å². The number of benzene rings is 1. The lowest BCUT2D eigenvalue weighted by Crippen LogP contribution is -2.31. The van der Waals surface area contributed by atoms with Gasteiger partial charge in [0.05, 0.1) is 22.7 Å². The molecule has 7 nitrogen and oxygen atoms in total. The van der Waals surface area contributed by atoms with Gasteiger partial charge in [-0.3, -0.25) is 4.90 Å². The molecule has 1 aliphatic heterocycles. The van der Waals surface area contributed by atoms with Crippen molar-refractivity contribution in [2.75, 3.05) is 11.9 Å². The van der Waals surface area contributed by atoms with Crippen LogP contribution in [-0.4, -0.2) is 37.5 Å². The Balaban J connectivity index is 1.28. The van der Waals surface area contributed by atoms with E-state index in [0.717, 1.165) is 70.0 Å². The van der Waals surface area contributed by atoms with Gasteiger partial charge in [0.1, 0.15) is 16.6 Å². The second-order valence-electron chi connectivity index (χ2n) is 8.08.